The summed E-state index contributed by atoms with van der Waals surface area (Å²) in [5, 5.41) is 1.12. The summed E-state index contributed by atoms with van der Waals surface area (Å²) in [5.41, 5.74) is 0. The quantitative estimate of drug-likeness (QED) is 0.256. The Morgan fingerprint density at radius 3 is 1.71 bits per heavy atom. The number of nitrogens with two attached hydrogens (primary N) is 2. The minimum Gasteiger partial charge on any atom is -0.294 e. The first kappa shape index (κ1) is 6.84. The molecule has 0 radical (unpaired) electrons. The first-order valence-corrected chi connectivity index (χ1v) is 2.04. The molecule has 0 heterocycles. The molecule has 0 aliphatic heterocycles. The van der Waals surface area contributed by atoms with Crippen LogP contribution in [0.15, 0.2) is 0 Å². The van der Waals surface area contributed by atoms with Crippen molar-refractivity contribution in [3.05, 3.63) is 0 Å². The summed E-state index contributed by atoms with van der Waals surface area (Å²) in [7, 11) is 3.79. The molecule has 0 rings (SSSR count). The van der Waals surface area contributed by atoms with Gasteiger partial charge in [-0.25, -0.2) is 0 Å². The molecule has 4 N–H and O–H groups in total. The van der Waals surface area contributed by atoms with Gasteiger partial charge >= 0.3 is 0 Å². The van der Waals surface area contributed by atoms with Gasteiger partial charge in [-0.05, 0) is 14.1 Å². The molecule has 0 fully saturated rings. The molecule has 44 valence electrons. The van der Waals surface area contributed by atoms with E-state index in [-0.39, 0.29) is 0 Å². The number of hydrazine groups is 2. The number of rotatable bonds is 2. The zero-order chi connectivity index (χ0) is 5.86. The van der Waals surface area contributed by atoms with Crippen LogP contribution >= 0.6 is 0 Å². The van der Waals surface area contributed by atoms with E-state index in [1.165, 1.54) is 0 Å². The predicted octanol–water partition coefficient (Wildman–Crippen LogP) is -1.45. The Kier molecular flexibility index (Phi) is 2.86. The largest absolute Gasteiger partial charge is 0.294 e. The van der Waals surface area contributed by atoms with E-state index >= 15 is 0 Å². The van der Waals surface area contributed by atoms with Gasteiger partial charge in [0.15, 0.2) is 0 Å². The summed E-state index contributed by atoms with van der Waals surface area (Å²) in [6, 6.07) is 0. The molecular weight excluding hydrogens is 92.1 g/mol. The fourth-order valence-electron chi connectivity index (χ4n) is 0.327. The molecule has 0 aromatic carbocycles. The number of nitrogens with zero attached hydrogens (tertiary/aromatic N) is 2. The van der Waals surface area contributed by atoms with Crippen molar-refractivity contribution in [1.29, 1.82) is 0 Å². The fourth-order valence-corrected chi connectivity index (χ4v) is 0.327. The monoisotopic (exact) mass is 104 g/mol. The van der Waals surface area contributed by atoms with E-state index in [0.717, 1.165) is 5.12 Å². The van der Waals surface area contributed by atoms with Gasteiger partial charge < -0.3 is 0 Å². The number of hydrogen-bond donors (Lipinski definition) is 2. The molecule has 0 aliphatic rings. The van der Waals surface area contributed by atoms with Crippen molar-refractivity contribution in [2.75, 3.05) is 20.8 Å². The van der Waals surface area contributed by atoms with Crippen LogP contribution in [0.3, 0.4) is 0 Å². The molecule has 0 saturated heterocycles. The van der Waals surface area contributed by atoms with Crippen LogP contribution in [0.25, 0.3) is 0 Å². The molecule has 0 amide bonds. The smallest absolute Gasteiger partial charge is 0.0795 e. The molecule has 0 aromatic heterocycles. The summed E-state index contributed by atoms with van der Waals surface area (Å²) in [5.74, 6) is 10.1. The van der Waals surface area contributed by atoms with Gasteiger partial charge in [-0.1, -0.05) is 0 Å². The van der Waals surface area contributed by atoms with Crippen LogP contribution in [0.4, 0.5) is 0 Å². The summed E-state index contributed by atoms with van der Waals surface area (Å²) < 4.78 is 0. The molecule has 0 saturated carbocycles. The molecule has 0 unspecified atom stereocenters. The van der Waals surface area contributed by atoms with Crippen LogP contribution in [-0.2, 0) is 0 Å². The highest BCUT2D eigenvalue weighted by molar-refractivity contribution is 4.30. The van der Waals surface area contributed by atoms with Crippen molar-refractivity contribution < 1.29 is 0 Å². The van der Waals surface area contributed by atoms with Crippen molar-refractivity contribution in [3.8, 4) is 0 Å². The topological polar surface area (TPSA) is 58.5 Å². The third-order valence-electron chi connectivity index (χ3n) is 0.446. The van der Waals surface area contributed by atoms with Gasteiger partial charge in [-0.3, -0.25) is 16.6 Å². The molecule has 4 heteroatoms. The van der Waals surface area contributed by atoms with Gasteiger partial charge in [0.1, 0.15) is 0 Å². The minimum absolute atomic E-state index is 0.583. The molecule has 0 atom stereocenters. The highest BCUT2D eigenvalue weighted by atomic mass is 15.6. The van der Waals surface area contributed by atoms with Crippen molar-refractivity contribution in [2.24, 2.45) is 11.7 Å². The van der Waals surface area contributed by atoms with E-state index < -0.39 is 0 Å². The molecule has 0 bridgehead atoms. The Labute approximate surface area is 43.6 Å². The van der Waals surface area contributed by atoms with Crippen molar-refractivity contribution in [2.45, 2.75) is 0 Å². The molecule has 0 aliphatic carbocycles. The number of hydrogen-bond acceptors (Lipinski definition) is 4. The van der Waals surface area contributed by atoms with Crippen LogP contribution in [0, 0.1) is 0 Å². The van der Waals surface area contributed by atoms with Crippen molar-refractivity contribution >= 4 is 0 Å². The molecular formula is C3H12N4. The second-order valence-corrected chi connectivity index (χ2v) is 1.74. The van der Waals surface area contributed by atoms with Crippen LogP contribution in [0.2, 0.25) is 0 Å². The Morgan fingerprint density at radius 2 is 1.71 bits per heavy atom. The lowest BCUT2D eigenvalue weighted by Crippen LogP contribution is -2.44. The molecule has 0 spiro atoms. The van der Waals surface area contributed by atoms with E-state index in [4.69, 9.17) is 11.7 Å². The first-order chi connectivity index (χ1) is 3.13. The Bertz CT molecular complexity index is 36.2. The Morgan fingerprint density at radius 1 is 1.29 bits per heavy atom. The normalized spacial score (nSPS) is 11.1. The zero-order valence-corrected chi connectivity index (χ0v) is 4.76. The minimum atomic E-state index is 0.583. The molecule has 7 heavy (non-hydrogen) atoms. The first-order valence-electron chi connectivity index (χ1n) is 2.04. The lowest BCUT2D eigenvalue weighted by atomic mass is 10.9. The lowest BCUT2D eigenvalue weighted by Gasteiger charge is -2.14. The van der Waals surface area contributed by atoms with Crippen LogP contribution < -0.4 is 11.7 Å². The van der Waals surface area contributed by atoms with E-state index in [1.54, 1.807) is 0 Å². The third kappa shape index (κ3) is 5.84. The maximum Gasteiger partial charge on any atom is 0.0795 e. The lowest BCUT2D eigenvalue weighted by molar-refractivity contribution is 0.182. The van der Waals surface area contributed by atoms with Gasteiger partial charge in [0.25, 0.3) is 0 Å². The van der Waals surface area contributed by atoms with Crippen molar-refractivity contribution in [3.63, 3.8) is 0 Å². The SMILES string of the molecule is CN(C)CN(N)N. The fraction of sp³-hybridized carbons (Fsp3) is 1.00. The standard InChI is InChI=1S/C3H12N4/c1-6(2)3-7(4)5/h3-5H2,1-2H3. The summed E-state index contributed by atoms with van der Waals surface area (Å²) in [6.45, 7) is 0.583. The zero-order valence-electron chi connectivity index (χ0n) is 4.76. The van der Waals surface area contributed by atoms with Crippen molar-refractivity contribution in [1.82, 2.24) is 10.0 Å². The second-order valence-electron chi connectivity index (χ2n) is 1.74. The van der Waals surface area contributed by atoms with E-state index in [0.29, 0.717) is 6.67 Å². The average molecular weight is 104 g/mol. The predicted molar refractivity (Wildman–Crippen MR) is 28.8 cm³/mol. The molecule has 4 nitrogen and oxygen atoms in total. The van der Waals surface area contributed by atoms with Crippen LogP contribution in [-0.4, -0.2) is 30.8 Å². The van der Waals surface area contributed by atoms with E-state index in [1.807, 2.05) is 19.0 Å². The summed E-state index contributed by atoms with van der Waals surface area (Å²) in [6.07, 6.45) is 0. The third-order valence-corrected chi connectivity index (χ3v) is 0.446. The van der Waals surface area contributed by atoms with E-state index in [9.17, 15) is 0 Å². The van der Waals surface area contributed by atoms with Gasteiger partial charge in [-0.15, -0.1) is 0 Å². The van der Waals surface area contributed by atoms with Gasteiger partial charge in [0.05, 0.1) is 6.67 Å². The van der Waals surface area contributed by atoms with Crippen LogP contribution in [0.1, 0.15) is 0 Å². The van der Waals surface area contributed by atoms with Gasteiger partial charge in [0, 0.05) is 0 Å². The van der Waals surface area contributed by atoms with Gasteiger partial charge in [-0.2, -0.15) is 5.12 Å². The summed E-state index contributed by atoms with van der Waals surface area (Å²) in [4.78, 5) is 1.88. The maximum atomic E-state index is 5.06. The second kappa shape index (κ2) is 2.92. The van der Waals surface area contributed by atoms with E-state index in [2.05, 4.69) is 0 Å². The highest BCUT2D eigenvalue weighted by Gasteiger charge is 1.88. The Balaban J connectivity index is 2.95. The van der Waals surface area contributed by atoms with Crippen LogP contribution in [0.5, 0.6) is 0 Å². The summed E-state index contributed by atoms with van der Waals surface area (Å²) >= 11 is 0. The molecule has 0 aromatic rings. The highest BCUT2D eigenvalue weighted by Crippen LogP contribution is 1.68. The average Bonchev–Trinajstić information content (AvgIpc) is 1.27. The van der Waals surface area contributed by atoms with Gasteiger partial charge in [0.2, 0.25) is 0 Å². The maximum absolute atomic E-state index is 5.06. The Hall–Kier alpha value is -0.160.